The van der Waals surface area contributed by atoms with Gasteiger partial charge in [0.25, 0.3) is 5.56 Å². The molecule has 3 heterocycles. The third-order valence-electron chi connectivity index (χ3n) is 5.01. The second kappa shape index (κ2) is 8.57. The van der Waals surface area contributed by atoms with E-state index in [0.717, 1.165) is 0 Å². The van der Waals surface area contributed by atoms with Crippen molar-refractivity contribution in [2.45, 2.75) is 11.9 Å². The van der Waals surface area contributed by atoms with Gasteiger partial charge in [-0.05, 0) is 36.4 Å². The molecule has 0 aliphatic rings. The van der Waals surface area contributed by atoms with Gasteiger partial charge >= 0.3 is 0 Å². The Bertz CT molecular complexity index is 1490. The molecular formula is C24H18N4O3S. The molecule has 1 aromatic carbocycles. The second-order valence-electron chi connectivity index (χ2n) is 6.95. The van der Waals surface area contributed by atoms with E-state index in [1.807, 2.05) is 12.1 Å². The van der Waals surface area contributed by atoms with E-state index in [1.165, 1.54) is 16.8 Å². The quantitative estimate of drug-likeness (QED) is 0.467. The van der Waals surface area contributed by atoms with Crippen molar-refractivity contribution in [3.63, 3.8) is 0 Å². The van der Waals surface area contributed by atoms with Crippen LogP contribution < -0.4 is 5.56 Å². The lowest BCUT2D eigenvalue weighted by Gasteiger charge is -2.13. The molecule has 0 unspecified atom stereocenters. The number of sulfone groups is 1. The molecule has 4 aromatic rings. The van der Waals surface area contributed by atoms with E-state index in [1.54, 1.807) is 61.8 Å². The normalized spacial score (nSPS) is 11.1. The molecule has 0 amide bonds. The summed E-state index contributed by atoms with van der Waals surface area (Å²) in [5.74, 6) is -0.0659. The van der Waals surface area contributed by atoms with Crippen LogP contribution in [-0.4, -0.2) is 28.7 Å². The van der Waals surface area contributed by atoms with Gasteiger partial charge in [0.05, 0.1) is 35.0 Å². The molecule has 0 saturated heterocycles. The van der Waals surface area contributed by atoms with Gasteiger partial charge in [0.2, 0.25) is 0 Å². The smallest absolute Gasteiger partial charge is 0.263 e. The molecule has 0 bridgehead atoms. The molecule has 0 aliphatic carbocycles. The predicted molar refractivity (Wildman–Crippen MR) is 121 cm³/mol. The van der Waals surface area contributed by atoms with E-state index in [9.17, 15) is 18.5 Å². The van der Waals surface area contributed by atoms with Crippen LogP contribution in [0, 0.1) is 11.3 Å². The van der Waals surface area contributed by atoms with E-state index in [-0.39, 0.29) is 16.3 Å². The van der Waals surface area contributed by atoms with Crippen molar-refractivity contribution >= 4 is 9.84 Å². The Kier molecular flexibility index (Phi) is 5.67. The molecule has 0 atom stereocenters. The van der Waals surface area contributed by atoms with Gasteiger partial charge in [0.1, 0.15) is 0 Å². The summed E-state index contributed by atoms with van der Waals surface area (Å²) in [5.41, 5.74) is 2.56. The maximum absolute atomic E-state index is 13.4. The van der Waals surface area contributed by atoms with Gasteiger partial charge in [-0.25, -0.2) is 13.4 Å². The molecule has 158 valence electrons. The highest BCUT2D eigenvalue weighted by molar-refractivity contribution is 7.91. The standard InChI is InChI=1S/C24H18N4O3S/c1-2-32(30,31)23-11-10-19(15-27-23)28-16-18(22-9-5-6-12-26-22)13-21(24(28)29)20-8-4-3-7-17(20)14-25/h3-13,15-16H,2H2,1H3. The number of aromatic nitrogens is 3. The highest BCUT2D eigenvalue weighted by Crippen LogP contribution is 2.26. The van der Waals surface area contributed by atoms with Crippen LogP contribution in [0.1, 0.15) is 12.5 Å². The van der Waals surface area contributed by atoms with Crippen molar-refractivity contribution in [2.75, 3.05) is 5.75 Å². The van der Waals surface area contributed by atoms with E-state index >= 15 is 0 Å². The van der Waals surface area contributed by atoms with Gasteiger partial charge in [0, 0.05) is 29.1 Å². The number of rotatable bonds is 5. The van der Waals surface area contributed by atoms with Crippen LogP contribution in [0.2, 0.25) is 0 Å². The minimum Gasteiger partial charge on any atom is -0.282 e. The highest BCUT2D eigenvalue weighted by atomic mass is 32.2. The minimum absolute atomic E-state index is 0.0484. The molecule has 0 N–H and O–H groups in total. The molecule has 8 heteroatoms. The summed E-state index contributed by atoms with van der Waals surface area (Å²) >= 11 is 0. The van der Waals surface area contributed by atoms with Gasteiger partial charge in [-0.1, -0.05) is 31.2 Å². The lowest BCUT2D eigenvalue weighted by Crippen LogP contribution is -2.21. The summed E-state index contributed by atoms with van der Waals surface area (Å²) in [6.07, 6.45) is 4.64. The number of hydrogen-bond donors (Lipinski definition) is 0. The number of nitrogens with zero attached hydrogens (tertiary/aromatic N) is 4. The van der Waals surface area contributed by atoms with Gasteiger partial charge in [-0.2, -0.15) is 5.26 Å². The molecule has 0 radical (unpaired) electrons. The summed E-state index contributed by atoms with van der Waals surface area (Å²) in [5, 5.41) is 9.49. The maximum atomic E-state index is 13.4. The summed E-state index contributed by atoms with van der Waals surface area (Å²) in [4.78, 5) is 21.9. The van der Waals surface area contributed by atoms with Crippen LogP contribution in [0.15, 0.2) is 89.1 Å². The number of hydrogen-bond acceptors (Lipinski definition) is 6. The van der Waals surface area contributed by atoms with Crippen LogP contribution in [0.5, 0.6) is 0 Å². The van der Waals surface area contributed by atoms with Gasteiger partial charge in [0.15, 0.2) is 14.9 Å². The fourth-order valence-corrected chi connectivity index (χ4v) is 4.09. The van der Waals surface area contributed by atoms with Crippen molar-refractivity contribution in [3.8, 4) is 34.1 Å². The lowest BCUT2D eigenvalue weighted by atomic mass is 9.99. The van der Waals surface area contributed by atoms with Crippen molar-refractivity contribution in [3.05, 3.63) is 95.2 Å². The Balaban J connectivity index is 1.97. The van der Waals surface area contributed by atoms with E-state index in [4.69, 9.17) is 0 Å². The molecule has 0 saturated carbocycles. The van der Waals surface area contributed by atoms with Crippen LogP contribution >= 0.6 is 0 Å². The van der Waals surface area contributed by atoms with E-state index in [2.05, 4.69) is 16.0 Å². The predicted octanol–water partition coefficient (Wildman–Crippen LogP) is 3.63. The Morgan fingerprint density at radius 2 is 1.78 bits per heavy atom. The van der Waals surface area contributed by atoms with Crippen molar-refractivity contribution in [1.82, 2.24) is 14.5 Å². The maximum Gasteiger partial charge on any atom is 0.263 e. The average Bonchev–Trinajstić information content (AvgIpc) is 2.85. The molecule has 32 heavy (non-hydrogen) atoms. The Morgan fingerprint density at radius 3 is 2.44 bits per heavy atom. The lowest BCUT2D eigenvalue weighted by molar-refractivity contribution is 0.593. The average molecular weight is 443 g/mol. The van der Waals surface area contributed by atoms with Crippen LogP contribution in [0.4, 0.5) is 0 Å². The van der Waals surface area contributed by atoms with Gasteiger partial charge < -0.3 is 0 Å². The first kappa shape index (κ1) is 21.2. The largest absolute Gasteiger partial charge is 0.282 e. The molecule has 0 fully saturated rings. The van der Waals surface area contributed by atoms with Gasteiger partial charge in [-0.3, -0.25) is 14.3 Å². The van der Waals surface area contributed by atoms with Crippen LogP contribution in [0.3, 0.4) is 0 Å². The Labute approximate surface area is 185 Å². The topological polar surface area (TPSA) is 106 Å². The molecule has 0 aliphatic heterocycles. The van der Waals surface area contributed by atoms with Crippen molar-refractivity contribution in [1.29, 1.82) is 5.26 Å². The summed E-state index contributed by atoms with van der Waals surface area (Å²) < 4.78 is 25.6. The number of nitriles is 1. The van der Waals surface area contributed by atoms with E-state index < -0.39 is 9.84 Å². The fraction of sp³-hybridized carbons (Fsp3) is 0.0833. The summed E-state index contributed by atoms with van der Waals surface area (Å²) in [7, 11) is -3.46. The molecule has 0 spiro atoms. The third kappa shape index (κ3) is 3.94. The monoisotopic (exact) mass is 442 g/mol. The van der Waals surface area contributed by atoms with E-state index in [0.29, 0.717) is 33.6 Å². The first-order chi connectivity index (χ1) is 15.4. The zero-order chi connectivity index (χ0) is 22.7. The molecule has 7 nitrogen and oxygen atoms in total. The first-order valence-corrected chi connectivity index (χ1v) is 11.5. The number of benzene rings is 1. The molecule has 4 rings (SSSR count). The molecular weight excluding hydrogens is 424 g/mol. The van der Waals surface area contributed by atoms with Crippen LogP contribution in [0.25, 0.3) is 28.1 Å². The van der Waals surface area contributed by atoms with Gasteiger partial charge in [-0.15, -0.1) is 0 Å². The zero-order valence-electron chi connectivity index (χ0n) is 17.1. The zero-order valence-corrected chi connectivity index (χ0v) is 18.0. The minimum atomic E-state index is -3.46. The highest BCUT2D eigenvalue weighted by Gasteiger charge is 2.17. The first-order valence-electron chi connectivity index (χ1n) is 9.81. The third-order valence-corrected chi connectivity index (χ3v) is 6.65. The van der Waals surface area contributed by atoms with Crippen molar-refractivity contribution < 1.29 is 8.42 Å². The Morgan fingerprint density at radius 1 is 1.00 bits per heavy atom. The summed E-state index contributed by atoms with van der Waals surface area (Å²) in [6, 6.07) is 19.1. The Hall–Kier alpha value is -4.09. The summed E-state index contributed by atoms with van der Waals surface area (Å²) in [6.45, 7) is 1.55. The second-order valence-corrected chi connectivity index (χ2v) is 9.17. The number of pyridine rings is 3. The van der Waals surface area contributed by atoms with Crippen molar-refractivity contribution in [2.24, 2.45) is 0 Å². The fourth-order valence-electron chi connectivity index (χ4n) is 3.30. The van der Waals surface area contributed by atoms with Crippen LogP contribution in [-0.2, 0) is 9.84 Å². The SMILES string of the molecule is CCS(=O)(=O)c1ccc(-n2cc(-c3ccccn3)cc(-c3ccccc3C#N)c2=O)cn1. The molecule has 3 aromatic heterocycles.